The van der Waals surface area contributed by atoms with Crippen LogP contribution in [0.4, 0.5) is 0 Å². The van der Waals surface area contributed by atoms with E-state index in [1.54, 1.807) is 0 Å². The lowest BCUT2D eigenvalue weighted by molar-refractivity contribution is 0.294. The fraction of sp³-hybridized carbons (Fsp3) is 0.552. The number of hydrogen-bond acceptors (Lipinski definition) is 6. The van der Waals surface area contributed by atoms with Gasteiger partial charge in [-0.05, 0) is 118 Å². The second-order valence-electron chi connectivity index (χ2n) is 17.7. The SMILES string of the molecule is CCCCCCCCOc1cc(C=Cc2ccc(-c3ccc(C=Cc4cc(OCCCCCCCC)c(I)cc4OCCCCCCCC)cn3)nc2)c(OCCCCCCCC)cc1I. The Kier molecular flexibility index (Phi) is 29.5. The van der Waals surface area contributed by atoms with Crippen molar-refractivity contribution in [3.05, 3.63) is 90.3 Å². The summed E-state index contributed by atoms with van der Waals surface area (Å²) in [5.41, 5.74) is 5.73. The number of aromatic nitrogens is 2. The van der Waals surface area contributed by atoms with Crippen molar-refractivity contribution in [3.63, 3.8) is 0 Å². The Morgan fingerprint density at radius 2 is 0.667 bits per heavy atom. The lowest BCUT2D eigenvalue weighted by atomic mass is 10.1. The quantitative estimate of drug-likeness (QED) is 0.0331. The van der Waals surface area contributed by atoms with Gasteiger partial charge in [0.05, 0.1) is 45.0 Å². The Hall–Kier alpha value is -3.12. The summed E-state index contributed by atoms with van der Waals surface area (Å²) in [5, 5.41) is 0. The first-order valence-corrected chi connectivity index (χ1v) is 28.1. The highest BCUT2D eigenvalue weighted by Crippen LogP contribution is 2.34. The van der Waals surface area contributed by atoms with Crippen molar-refractivity contribution in [2.45, 2.75) is 182 Å². The third kappa shape index (κ3) is 22.3. The molecule has 0 spiro atoms. The molecule has 0 N–H and O–H groups in total. The van der Waals surface area contributed by atoms with Crippen LogP contribution in [0.3, 0.4) is 0 Å². The zero-order valence-electron chi connectivity index (χ0n) is 41.2. The summed E-state index contributed by atoms with van der Waals surface area (Å²) in [6.45, 7) is 11.9. The molecule has 2 aromatic heterocycles. The van der Waals surface area contributed by atoms with E-state index >= 15 is 0 Å². The van der Waals surface area contributed by atoms with E-state index in [9.17, 15) is 0 Å². The Labute approximate surface area is 428 Å². The van der Waals surface area contributed by atoms with Gasteiger partial charge in [-0.3, -0.25) is 9.97 Å². The normalized spacial score (nSPS) is 11.5. The lowest BCUT2D eigenvalue weighted by Crippen LogP contribution is -2.03. The number of pyridine rings is 2. The maximum Gasteiger partial charge on any atom is 0.133 e. The molecule has 4 aromatic rings. The number of rotatable bonds is 37. The van der Waals surface area contributed by atoms with E-state index in [4.69, 9.17) is 28.9 Å². The number of halogens is 2. The largest absolute Gasteiger partial charge is 0.493 e. The molecular weight excluding hydrogens is 1040 g/mol. The maximum absolute atomic E-state index is 6.40. The van der Waals surface area contributed by atoms with E-state index in [0.29, 0.717) is 13.2 Å². The average Bonchev–Trinajstić information content (AvgIpc) is 3.33. The second kappa shape index (κ2) is 35.1. The Morgan fingerprint density at radius 3 is 0.970 bits per heavy atom. The standard InChI is InChI=1S/C58H82I2N2O4/c1-5-9-13-17-21-25-37-63-55-43-51(59)57(65-39-27-23-19-15-11-7-3)41-49(55)33-29-47-31-35-53(61-45-47)54-36-32-48(46-62-54)30-34-50-42-58(66-40-28-24-20-16-12-8-4)52(60)44-56(50)64-38-26-22-18-14-10-6-2/h29-36,41-46H,5-28,37-40H2,1-4H3. The smallest absolute Gasteiger partial charge is 0.133 e. The van der Waals surface area contributed by atoms with Crippen molar-refractivity contribution in [1.29, 1.82) is 0 Å². The highest BCUT2D eigenvalue weighted by Gasteiger charge is 2.12. The molecule has 0 unspecified atom stereocenters. The maximum atomic E-state index is 6.40. The predicted octanol–water partition coefficient (Wildman–Crippen LogP) is 18.7. The molecule has 0 bridgehead atoms. The molecular formula is C58H82I2N2O4. The van der Waals surface area contributed by atoms with Gasteiger partial charge in [-0.25, -0.2) is 0 Å². The van der Waals surface area contributed by atoms with Gasteiger partial charge in [0.15, 0.2) is 0 Å². The fourth-order valence-corrected chi connectivity index (χ4v) is 8.96. The summed E-state index contributed by atoms with van der Waals surface area (Å²) in [6, 6.07) is 16.8. The van der Waals surface area contributed by atoms with Gasteiger partial charge in [0.2, 0.25) is 0 Å². The first kappa shape index (κ1) is 55.5. The molecule has 0 aliphatic heterocycles. The van der Waals surface area contributed by atoms with Crippen LogP contribution >= 0.6 is 45.2 Å². The van der Waals surface area contributed by atoms with Crippen molar-refractivity contribution in [2.75, 3.05) is 26.4 Å². The first-order valence-electron chi connectivity index (χ1n) is 25.9. The van der Waals surface area contributed by atoms with Gasteiger partial charge >= 0.3 is 0 Å². The van der Waals surface area contributed by atoms with Crippen LogP contribution in [-0.2, 0) is 0 Å². The third-order valence-electron chi connectivity index (χ3n) is 11.9. The topological polar surface area (TPSA) is 62.7 Å². The van der Waals surface area contributed by atoms with Crippen molar-refractivity contribution < 1.29 is 18.9 Å². The summed E-state index contributed by atoms with van der Waals surface area (Å²) in [4.78, 5) is 9.64. The minimum absolute atomic E-state index is 0.717. The van der Waals surface area contributed by atoms with E-state index in [1.165, 1.54) is 128 Å². The monoisotopic (exact) mass is 1120 g/mol. The number of ether oxygens (including phenoxy) is 4. The molecule has 4 rings (SSSR count). The molecule has 2 heterocycles. The molecule has 0 saturated carbocycles. The molecule has 0 aliphatic carbocycles. The van der Waals surface area contributed by atoms with Crippen LogP contribution < -0.4 is 18.9 Å². The van der Waals surface area contributed by atoms with Gasteiger partial charge < -0.3 is 18.9 Å². The first-order chi connectivity index (χ1) is 32.4. The van der Waals surface area contributed by atoms with E-state index in [0.717, 1.165) is 103 Å². The van der Waals surface area contributed by atoms with Crippen molar-refractivity contribution in [3.8, 4) is 34.4 Å². The van der Waals surface area contributed by atoms with Crippen molar-refractivity contribution in [1.82, 2.24) is 9.97 Å². The lowest BCUT2D eigenvalue weighted by Gasteiger charge is -2.14. The molecule has 0 aliphatic rings. The van der Waals surface area contributed by atoms with Crippen LogP contribution in [0.15, 0.2) is 60.9 Å². The number of benzene rings is 2. The van der Waals surface area contributed by atoms with Gasteiger partial charge in [0, 0.05) is 23.5 Å². The number of nitrogens with zero attached hydrogens (tertiary/aromatic N) is 2. The molecule has 0 fully saturated rings. The molecule has 8 heteroatoms. The van der Waals surface area contributed by atoms with Gasteiger partial charge in [0.1, 0.15) is 23.0 Å². The molecule has 362 valence electrons. The van der Waals surface area contributed by atoms with Crippen LogP contribution in [0.1, 0.15) is 204 Å². The van der Waals surface area contributed by atoms with E-state index in [2.05, 4.69) is 134 Å². The number of hydrogen-bond donors (Lipinski definition) is 0. The van der Waals surface area contributed by atoms with Gasteiger partial charge in [-0.15, -0.1) is 0 Å². The van der Waals surface area contributed by atoms with Crippen LogP contribution in [0.5, 0.6) is 23.0 Å². The van der Waals surface area contributed by atoms with Gasteiger partial charge in [-0.1, -0.05) is 193 Å². The third-order valence-corrected chi connectivity index (χ3v) is 13.6. The summed E-state index contributed by atoms with van der Waals surface area (Å²) in [6.07, 6.45) is 42.1. The fourth-order valence-electron chi connectivity index (χ4n) is 7.77. The van der Waals surface area contributed by atoms with Crippen molar-refractivity contribution in [2.24, 2.45) is 0 Å². The summed E-state index contributed by atoms with van der Waals surface area (Å²) in [7, 11) is 0. The van der Waals surface area contributed by atoms with Crippen LogP contribution in [-0.4, -0.2) is 36.4 Å². The van der Waals surface area contributed by atoms with Crippen molar-refractivity contribution >= 4 is 69.5 Å². The number of unbranched alkanes of at least 4 members (excludes halogenated alkanes) is 20. The molecule has 0 saturated heterocycles. The van der Waals surface area contributed by atoms with E-state index < -0.39 is 0 Å². The Balaban J connectivity index is 1.42. The molecule has 0 amide bonds. The highest BCUT2D eigenvalue weighted by molar-refractivity contribution is 14.1. The average molecular weight is 1130 g/mol. The Bertz CT molecular complexity index is 1810. The summed E-state index contributed by atoms with van der Waals surface area (Å²) < 4.78 is 27.6. The molecule has 0 atom stereocenters. The Morgan fingerprint density at radius 1 is 0.364 bits per heavy atom. The van der Waals surface area contributed by atoms with Gasteiger partial charge in [-0.2, -0.15) is 0 Å². The minimum Gasteiger partial charge on any atom is -0.493 e. The van der Waals surface area contributed by atoms with E-state index in [1.807, 2.05) is 24.5 Å². The molecule has 66 heavy (non-hydrogen) atoms. The highest BCUT2D eigenvalue weighted by atomic mass is 127. The zero-order chi connectivity index (χ0) is 46.9. The van der Waals surface area contributed by atoms with Gasteiger partial charge in [0.25, 0.3) is 0 Å². The van der Waals surface area contributed by atoms with Crippen LogP contribution in [0, 0.1) is 7.14 Å². The molecule has 2 aromatic carbocycles. The van der Waals surface area contributed by atoms with Crippen LogP contribution in [0.2, 0.25) is 0 Å². The summed E-state index contributed by atoms with van der Waals surface area (Å²) in [5.74, 6) is 3.63. The molecule has 0 radical (unpaired) electrons. The van der Waals surface area contributed by atoms with E-state index in [-0.39, 0.29) is 0 Å². The summed E-state index contributed by atoms with van der Waals surface area (Å²) >= 11 is 4.77. The molecule has 6 nitrogen and oxygen atoms in total. The second-order valence-corrected chi connectivity index (χ2v) is 20.1. The minimum atomic E-state index is 0.717. The zero-order valence-corrected chi connectivity index (χ0v) is 45.5. The van der Waals surface area contributed by atoms with Crippen LogP contribution in [0.25, 0.3) is 35.7 Å². The predicted molar refractivity (Wildman–Crippen MR) is 299 cm³/mol.